The molecule has 20 heavy (non-hydrogen) atoms. The van der Waals surface area contributed by atoms with Crippen LogP contribution in [0, 0.1) is 13.8 Å². The zero-order valence-electron chi connectivity index (χ0n) is 12.6. The standard InChI is InChI=1S/C16H23NO2S/c1-6-7-8-11(2)9-12(3)10-19-16(18)15-13(4)17-14(5)20-15/h2-3,6-10H2,1,4-5H3. The first-order valence-electron chi connectivity index (χ1n) is 6.88. The van der Waals surface area contributed by atoms with E-state index in [4.69, 9.17) is 4.74 Å². The quantitative estimate of drug-likeness (QED) is 0.519. The number of allylic oxidation sites excluding steroid dienone is 1. The smallest absolute Gasteiger partial charge is 0.350 e. The molecule has 1 rings (SSSR count). The fourth-order valence-corrected chi connectivity index (χ4v) is 2.69. The van der Waals surface area contributed by atoms with Crippen LogP contribution >= 0.6 is 11.3 Å². The lowest BCUT2D eigenvalue weighted by atomic mass is 10.0. The Morgan fingerprint density at radius 3 is 2.55 bits per heavy atom. The number of esters is 1. The highest BCUT2D eigenvalue weighted by Crippen LogP contribution is 2.19. The average molecular weight is 293 g/mol. The Bertz CT molecular complexity index is 503. The van der Waals surface area contributed by atoms with Gasteiger partial charge in [-0.2, -0.15) is 0 Å². The largest absolute Gasteiger partial charge is 0.457 e. The van der Waals surface area contributed by atoms with Gasteiger partial charge in [0.15, 0.2) is 0 Å². The first-order valence-corrected chi connectivity index (χ1v) is 7.70. The van der Waals surface area contributed by atoms with Gasteiger partial charge in [-0.25, -0.2) is 9.78 Å². The molecule has 1 aromatic heterocycles. The highest BCUT2D eigenvalue weighted by molar-refractivity contribution is 7.13. The molecule has 0 atom stereocenters. The van der Waals surface area contributed by atoms with Crippen LogP contribution in [0.3, 0.4) is 0 Å². The third-order valence-electron chi connectivity index (χ3n) is 2.88. The van der Waals surface area contributed by atoms with Crippen molar-refractivity contribution in [2.24, 2.45) is 0 Å². The highest BCUT2D eigenvalue weighted by Gasteiger charge is 2.15. The molecule has 0 amide bonds. The van der Waals surface area contributed by atoms with Crippen LogP contribution < -0.4 is 0 Å². The van der Waals surface area contributed by atoms with E-state index in [-0.39, 0.29) is 12.6 Å². The second kappa shape index (κ2) is 8.00. The molecule has 3 nitrogen and oxygen atoms in total. The van der Waals surface area contributed by atoms with Gasteiger partial charge in [-0.15, -0.1) is 11.3 Å². The summed E-state index contributed by atoms with van der Waals surface area (Å²) < 4.78 is 5.28. The lowest BCUT2D eigenvalue weighted by Crippen LogP contribution is -2.08. The zero-order valence-corrected chi connectivity index (χ0v) is 13.4. The molecule has 0 aliphatic carbocycles. The molecule has 1 aromatic rings. The molecule has 110 valence electrons. The molecule has 0 spiro atoms. The number of ether oxygens (including phenoxy) is 1. The Morgan fingerprint density at radius 1 is 1.30 bits per heavy atom. The first-order chi connectivity index (χ1) is 9.43. The minimum Gasteiger partial charge on any atom is -0.457 e. The van der Waals surface area contributed by atoms with Crippen molar-refractivity contribution >= 4 is 17.3 Å². The molecule has 0 saturated carbocycles. The maximum atomic E-state index is 11.9. The van der Waals surface area contributed by atoms with E-state index in [0.29, 0.717) is 4.88 Å². The molecular formula is C16H23NO2S. The number of rotatable bonds is 8. The molecule has 0 aliphatic rings. The van der Waals surface area contributed by atoms with Gasteiger partial charge in [0, 0.05) is 0 Å². The van der Waals surface area contributed by atoms with Gasteiger partial charge in [0.1, 0.15) is 11.5 Å². The third kappa shape index (κ3) is 5.29. The van der Waals surface area contributed by atoms with Crippen molar-refractivity contribution in [1.29, 1.82) is 0 Å². The van der Waals surface area contributed by atoms with E-state index in [1.54, 1.807) is 0 Å². The van der Waals surface area contributed by atoms with Gasteiger partial charge < -0.3 is 4.74 Å². The Labute approximate surface area is 125 Å². The van der Waals surface area contributed by atoms with Crippen LogP contribution in [0.15, 0.2) is 24.3 Å². The van der Waals surface area contributed by atoms with E-state index in [0.717, 1.165) is 47.5 Å². The van der Waals surface area contributed by atoms with Gasteiger partial charge in [-0.05, 0) is 38.7 Å². The van der Waals surface area contributed by atoms with E-state index in [9.17, 15) is 4.79 Å². The van der Waals surface area contributed by atoms with Crippen LogP contribution in [0.1, 0.15) is 53.0 Å². The molecule has 0 radical (unpaired) electrons. The van der Waals surface area contributed by atoms with Crippen LogP contribution in [0.25, 0.3) is 0 Å². The number of aromatic nitrogens is 1. The predicted octanol–water partition coefficient (Wildman–Crippen LogP) is 4.61. The molecule has 0 aliphatic heterocycles. The van der Waals surface area contributed by atoms with Crippen LogP contribution in [0.2, 0.25) is 0 Å². The summed E-state index contributed by atoms with van der Waals surface area (Å²) in [6.45, 7) is 14.1. The SMILES string of the molecule is C=C(CCCC)CC(=C)COC(=O)c1sc(C)nc1C. The number of hydrogen-bond donors (Lipinski definition) is 0. The first kappa shape index (κ1) is 16.6. The van der Waals surface area contributed by atoms with Gasteiger partial charge >= 0.3 is 5.97 Å². The van der Waals surface area contributed by atoms with Gasteiger partial charge in [-0.1, -0.05) is 32.1 Å². The molecular weight excluding hydrogens is 270 g/mol. The van der Waals surface area contributed by atoms with Crippen molar-refractivity contribution in [1.82, 2.24) is 4.98 Å². The van der Waals surface area contributed by atoms with E-state index < -0.39 is 0 Å². The second-order valence-corrected chi connectivity index (χ2v) is 6.21. The lowest BCUT2D eigenvalue weighted by Gasteiger charge is -2.09. The number of hydrogen-bond acceptors (Lipinski definition) is 4. The summed E-state index contributed by atoms with van der Waals surface area (Å²) in [7, 11) is 0. The maximum Gasteiger partial charge on any atom is 0.350 e. The van der Waals surface area contributed by atoms with E-state index in [1.165, 1.54) is 11.3 Å². The zero-order chi connectivity index (χ0) is 15.1. The van der Waals surface area contributed by atoms with E-state index in [2.05, 4.69) is 25.1 Å². The van der Waals surface area contributed by atoms with Crippen LogP contribution in [-0.2, 0) is 4.74 Å². The predicted molar refractivity (Wildman–Crippen MR) is 84.3 cm³/mol. The van der Waals surface area contributed by atoms with Crippen LogP contribution in [-0.4, -0.2) is 17.6 Å². The number of carbonyl (C=O) groups excluding carboxylic acids is 1. The van der Waals surface area contributed by atoms with E-state index in [1.807, 2.05) is 13.8 Å². The molecule has 4 heteroatoms. The monoisotopic (exact) mass is 293 g/mol. The summed E-state index contributed by atoms with van der Waals surface area (Å²) in [5, 5.41) is 0.876. The Kier molecular flexibility index (Phi) is 6.65. The lowest BCUT2D eigenvalue weighted by molar-refractivity contribution is 0.0543. The molecule has 0 unspecified atom stereocenters. The normalized spacial score (nSPS) is 10.3. The maximum absolute atomic E-state index is 11.9. The number of aryl methyl sites for hydroxylation is 2. The molecule has 0 aromatic carbocycles. The van der Waals surface area contributed by atoms with Crippen LogP contribution in [0.4, 0.5) is 0 Å². The third-order valence-corrected chi connectivity index (χ3v) is 3.93. The van der Waals surface area contributed by atoms with E-state index >= 15 is 0 Å². The summed E-state index contributed by atoms with van der Waals surface area (Å²) in [6, 6.07) is 0. The Morgan fingerprint density at radius 2 is 2.00 bits per heavy atom. The molecule has 0 N–H and O–H groups in total. The molecule has 1 heterocycles. The van der Waals surface area contributed by atoms with Crippen molar-refractivity contribution in [3.8, 4) is 0 Å². The van der Waals surface area contributed by atoms with Gasteiger partial charge in [0.05, 0.1) is 10.7 Å². The van der Waals surface area contributed by atoms with Crippen molar-refractivity contribution < 1.29 is 9.53 Å². The topological polar surface area (TPSA) is 39.2 Å². The number of unbranched alkanes of at least 4 members (excludes halogenated alkanes) is 1. The summed E-state index contributed by atoms with van der Waals surface area (Å²) in [5.41, 5.74) is 2.77. The fraction of sp³-hybridized carbons (Fsp3) is 0.500. The summed E-state index contributed by atoms with van der Waals surface area (Å²) in [4.78, 5) is 16.7. The molecule has 0 bridgehead atoms. The minimum absolute atomic E-state index is 0.250. The second-order valence-electron chi connectivity index (χ2n) is 5.00. The number of thiazole rings is 1. The van der Waals surface area contributed by atoms with Crippen molar-refractivity contribution in [3.63, 3.8) is 0 Å². The summed E-state index contributed by atoms with van der Waals surface area (Å²) >= 11 is 1.37. The highest BCUT2D eigenvalue weighted by atomic mass is 32.1. The summed E-state index contributed by atoms with van der Waals surface area (Å²) in [6.07, 6.45) is 4.04. The average Bonchev–Trinajstić information content (AvgIpc) is 2.72. The van der Waals surface area contributed by atoms with Gasteiger partial charge in [0.25, 0.3) is 0 Å². The van der Waals surface area contributed by atoms with Crippen molar-refractivity contribution in [2.45, 2.75) is 46.5 Å². The Hall–Kier alpha value is -1.42. The Balaban J connectivity index is 2.39. The number of carbonyl (C=O) groups is 1. The van der Waals surface area contributed by atoms with Gasteiger partial charge in [0.2, 0.25) is 0 Å². The molecule has 0 fully saturated rings. The van der Waals surface area contributed by atoms with Crippen molar-refractivity contribution in [3.05, 3.63) is 39.9 Å². The fourth-order valence-electron chi connectivity index (χ4n) is 1.87. The summed E-state index contributed by atoms with van der Waals surface area (Å²) in [5.74, 6) is -0.312. The minimum atomic E-state index is -0.312. The van der Waals surface area contributed by atoms with Crippen LogP contribution in [0.5, 0.6) is 0 Å². The van der Waals surface area contributed by atoms with Gasteiger partial charge in [-0.3, -0.25) is 0 Å². The molecule has 0 saturated heterocycles. The number of nitrogens with zero attached hydrogens (tertiary/aromatic N) is 1. The van der Waals surface area contributed by atoms with Crippen molar-refractivity contribution in [2.75, 3.05) is 6.61 Å².